The van der Waals surface area contributed by atoms with E-state index in [0.717, 1.165) is 12.8 Å². The summed E-state index contributed by atoms with van der Waals surface area (Å²) in [5, 5.41) is 32.1. The molecule has 1 aromatic rings. The van der Waals surface area contributed by atoms with E-state index in [1.165, 1.54) is 43.9 Å². The van der Waals surface area contributed by atoms with Gasteiger partial charge in [-0.15, -0.1) is 0 Å². The van der Waals surface area contributed by atoms with Gasteiger partial charge in [0, 0.05) is 11.3 Å². The van der Waals surface area contributed by atoms with Crippen LogP contribution in [0.2, 0.25) is 0 Å². The largest absolute Gasteiger partial charge is 0.480 e. The second-order valence-electron chi connectivity index (χ2n) is 8.74. The molecule has 0 bridgehead atoms. The van der Waals surface area contributed by atoms with E-state index in [0.29, 0.717) is 17.1 Å². The minimum Gasteiger partial charge on any atom is -0.480 e. The highest BCUT2D eigenvalue weighted by Crippen LogP contribution is 2.19. The molecular weight excluding hydrogens is 458 g/mol. The van der Waals surface area contributed by atoms with Crippen LogP contribution in [0.25, 0.3) is 0 Å². The predicted octanol–water partition coefficient (Wildman–Crippen LogP) is 2.86. The Morgan fingerprint density at radius 3 is 2.29 bits per heavy atom. The predicted molar refractivity (Wildman–Crippen MR) is 132 cm³/mol. The molecule has 1 aliphatic carbocycles. The standard InChI is InChI=1S/C25H39NO7S/c27-20(17-33-22-11-7-2-1-3-8-12-22)15-32-16-21(28)18-34-14-13-23(25(30)31)26-24(29)19-9-5-4-6-10-19/h4-6,9-10,20-23,27-28H,1-3,7-8,11-18H2,(H,26,29)(H,30,31). The van der Waals surface area contributed by atoms with Crippen LogP contribution < -0.4 is 5.32 Å². The number of thioether (sulfide) groups is 1. The van der Waals surface area contributed by atoms with Crippen LogP contribution in [0.4, 0.5) is 0 Å². The molecule has 2 rings (SSSR count). The minimum atomic E-state index is -1.09. The summed E-state index contributed by atoms with van der Waals surface area (Å²) in [6.07, 6.45) is 7.23. The van der Waals surface area contributed by atoms with Crippen molar-refractivity contribution < 1.29 is 34.4 Å². The first-order valence-electron chi connectivity index (χ1n) is 12.2. The Kier molecular flexibility index (Phi) is 14.2. The van der Waals surface area contributed by atoms with Crippen molar-refractivity contribution in [3.63, 3.8) is 0 Å². The molecule has 1 amide bonds. The Morgan fingerprint density at radius 2 is 1.62 bits per heavy atom. The molecule has 9 heteroatoms. The third-order valence-corrected chi connectivity index (χ3v) is 6.84. The summed E-state index contributed by atoms with van der Waals surface area (Å²) in [4.78, 5) is 23.6. The average molecular weight is 498 g/mol. The first-order chi connectivity index (χ1) is 16.5. The van der Waals surface area contributed by atoms with Crippen LogP contribution >= 0.6 is 11.8 Å². The molecule has 1 saturated carbocycles. The van der Waals surface area contributed by atoms with Gasteiger partial charge >= 0.3 is 5.97 Å². The van der Waals surface area contributed by atoms with Crippen LogP contribution in [-0.2, 0) is 14.3 Å². The van der Waals surface area contributed by atoms with E-state index in [-0.39, 0.29) is 32.3 Å². The number of rotatable bonds is 15. The van der Waals surface area contributed by atoms with Gasteiger partial charge < -0.3 is 30.1 Å². The number of carbonyl (C=O) groups excluding carboxylic acids is 1. The maximum atomic E-state index is 12.2. The Morgan fingerprint density at radius 1 is 0.971 bits per heavy atom. The number of amides is 1. The molecular formula is C25H39NO7S. The quantitative estimate of drug-likeness (QED) is 0.273. The van der Waals surface area contributed by atoms with Gasteiger partial charge in [-0.1, -0.05) is 50.3 Å². The summed E-state index contributed by atoms with van der Waals surface area (Å²) in [5.41, 5.74) is 0.409. The van der Waals surface area contributed by atoms with Gasteiger partial charge in [0.1, 0.15) is 12.1 Å². The van der Waals surface area contributed by atoms with E-state index in [2.05, 4.69) is 5.32 Å². The molecule has 4 N–H and O–H groups in total. The topological polar surface area (TPSA) is 125 Å². The van der Waals surface area contributed by atoms with Crippen molar-refractivity contribution >= 4 is 23.6 Å². The van der Waals surface area contributed by atoms with Gasteiger partial charge in [-0.25, -0.2) is 4.79 Å². The molecule has 1 aromatic carbocycles. The van der Waals surface area contributed by atoms with Crippen LogP contribution in [0.3, 0.4) is 0 Å². The number of aliphatic carboxylic acids is 1. The third-order valence-electron chi connectivity index (χ3n) is 5.70. The van der Waals surface area contributed by atoms with Gasteiger partial charge in [0.2, 0.25) is 0 Å². The fourth-order valence-corrected chi connectivity index (χ4v) is 4.72. The number of ether oxygens (including phenoxy) is 2. The number of hydrogen-bond donors (Lipinski definition) is 4. The molecule has 0 saturated heterocycles. The molecule has 8 nitrogen and oxygen atoms in total. The molecule has 1 aliphatic rings. The first kappa shape index (κ1) is 28.6. The summed E-state index contributed by atoms with van der Waals surface area (Å²) in [7, 11) is 0. The fourth-order valence-electron chi connectivity index (χ4n) is 3.78. The number of carbonyl (C=O) groups is 2. The lowest BCUT2D eigenvalue weighted by atomic mass is 9.98. The van der Waals surface area contributed by atoms with E-state index >= 15 is 0 Å². The second kappa shape index (κ2) is 16.9. The molecule has 3 atom stereocenters. The highest BCUT2D eigenvalue weighted by Gasteiger charge is 2.20. The summed E-state index contributed by atoms with van der Waals surface area (Å²) in [5.74, 6) is -0.693. The maximum Gasteiger partial charge on any atom is 0.326 e. The van der Waals surface area contributed by atoms with Crippen molar-refractivity contribution in [3.05, 3.63) is 35.9 Å². The van der Waals surface area contributed by atoms with Crippen molar-refractivity contribution in [3.8, 4) is 0 Å². The summed E-state index contributed by atoms with van der Waals surface area (Å²) in [6, 6.07) is 7.47. The van der Waals surface area contributed by atoms with Gasteiger partial charge in [0.25, 0.3) is 5.91 Å². The highest BCUT2D eigenvalue weighted by atomic mass is 32.2. The molecule has 0 aromatic heterocycles. The maximum absolute atomic E-state index is 12.2. The molecule has 3 unspecified atom stereocenters. The van der Waals surface area contributed by atoms with Crippen LogP contribution in [0.1, 0.15) is 61.7 Å². The van der Waals surface area contributed by atoms with E-state index in [9.17, 15) is 24.9 Å². The number of nitrogens with one attached hydrogen (secondary N) is 1. The normalized spacial score (nSPS) is 17.8. The molecule has 0 aliphatic heterocycles. The zero-order valence-corrected chi connectivity index (χ0v) is 20.6. The molecule has 34 heavy (non-hydrogen) atoms. The lowest BCUT2D eigenvalue weighted by molar-refractivity contribution is -0.139. The average Bonchev–Trinajstić information content (AvgIpc) is 2.80. The monoisotopic (exact) mass is 497 g/mol. The number of aliphatic hydroxyl groups is 2. The molecule has 192 valence electrons. The van der Waals surface area contributed by atoms with Gasteiger partial charge in [-0.3, -0.25) is 4.79 Å². The van der Waals surface area contributed by atoms with Crippen molar-refractivity contribution in [1.82, 2.24) is 5.32 Å². The van der Waals surface area contributed by atoms with Crippen molar-refractivity contribution in [2.45, 2.75) is 75.7 Å². The SMILES string of the molecule is O=C(NC(CCSCC(O)COCC(O)COC1CCCCCCC1)C(=O)O)c1ccccc1. The Hall–Kier alpha value is -1.65. The lowest BCUT2D eigenvalue weighted by Crippen LogP contribution is -2.41. The lowest BCUT2D eigenvalue weighted by Gasteiger charge is -2.22. The molecule has 0 heterocycles. The van der Waals surface area contributed by atoms with E-state index in [4.69, 9.17) is 9.47 Å². The smallest absolute Gasteiger partial charge is 0.326 e. The minimum absolute atomic E-state index is 0.0839. The van der Waals surface area contributed by atoms with E-state index < -0.39 is 30.1 Å². The van der Waals surface area contributed by atoms with Gasteiger partial charge in [-0.2, -0.15) is 11.8 Å². The van der Waals surface area contributed by atoms with E-state index in [1.54, 1.807) is 30.3 Å². The van der Waals surface area contributed by atoms with Gasteiger partial charge in [0.05, 0.1) is 32.0 Å². The molecule has 1 fully saturated rings. The van der Waals surface area contributed by atoms with E-state index in [1.807, 2.05) is 0 Å². The van der Waals surface area contributed by atoms with Crippen LogP contribution in [0.5, 0.6) is 0 Å². The Bertz CT molecular complexity index is 698. The molecule has 0 spiro atoms. The van der Waals surface area contributed by atoms with Gasteiger partial charge in [0.15, 0.2) is 0 Å². The number of carboxylic acid groups (broad SMARTS) is 1. The highest BCUT2D eigenvalue weighted by molar-refractivity contribution is 7.99. The number of carboxylic acids is 1. The second-order valence-corrected chi connectivity index (χ2v) is 9.89. The van der Waals surface area contributed by atoms with Gasteiger partial charge in [-0.05, 0) is 37.1 Å². The zero-order chi connectivity index (χ0) is 24.6. The van der Waals surface area contributed by atoms with Crippen molar-refractivity contribution in [2.75, 3.05) is 31.3 Å². The van der Waals surface area contributed by atoms with Crippen LogP contribution in [0, 0.1) is 0 Å². The number of aliphatic hydroxyl groups excluding tert-OH is 2. The summed E-state index contributed by atoms with van der Waals surface area (Å²) < 4.78 is 11.3. The summed E-state index contributed by atoms with van der Waals surface area (Å²) >= 11 is 1.39. The Labute approximate surface area is 206 Å². The molecule has 0 radical (unpaired) electrons. The number of hydrogen-bond acceptors (Lipinski definition) is 7. The van der Waals surface area contributed by atoms with Crippen molar-refractivity contribution in [2.24, 2.45) is 0 Å². The number of benzene rings is 1. The first-order valence-corrected chi connectivity index (χ1v) is 13.3. The third kappa shape index (κ3) is 12.2. The van der Waals surface area contributed by atoms with Crippen molar-refractivity contribution in [1.29, 1.82) is 0 Å². The summed E-state index contributed by atoms with van der Waals surface area (Å²) in [6.45, 7) is 0.419. The fraction of sp³-hybridized carbons (Fsp3) is 0.680. The van der Waals surface area contributed by atoms with Crippen LogP contribution in [0.15, 0.2) is 30.3 Å². The van der Waals surface area contributed by atoms with Crippen LogP contribution in [-0.4, -0.2) is 82.9 Å². The Balaban J connectivity index is 1.54. The zero-order valence-electron chi connectivity index (χ0n) is 19.8.